The molecule has 0 spiro atoms. The third kappa shape index (κ3) is 5.92. The number of benzene rings is 2. The Hall–Kier alpha value is -2.54. The molecule has 0 radical (unpaired) electrons. The van der Waals surface area contributed by atoms with Crippen LogP contribution >= 0.6 is 0 Å². The number of halogens is 3. The van der Waals surface area contributed by atoms with Gasteiger partial charge in [-0.15, -0.1) is 0 Å². The van der Waals surface area contributed by atoms with E-state index in [0.29, 0.717) is 11.3 Å². The largest absolute Gasteiger partial charge is 0.484 e. The topological polar surface area (TPSA) is 58.6 Å². The monoisotopic (exact) mass is 339 g/mol. The summed E-state index contributed by atoms with van der Waals surface area (Å²) in [6, 6.07) is 14.3. The summed E-state index contributed by atoms with van der Waals surface area (Å²) in [6.07, 6.45) is -5.56. The maximum absolute atomic E-state index is 12.1. The molecule has 1 unspecified atom stereocenters. The molecule has 4 nitrogen and oxygen atoms in total. The van der Waals surface area contributed by atoms with Crippen molar-refractivity contribution in [3.8, 4) is 5.75 Å². The van der Waals surface area contributed by atoms with Gasteiger partial charge in [-0.3, -0.25) is 4.79 Å². The van der Waals surface area contributed by atoms with Crippen molar-refractivity contribution in [1.29, 1.82) is 0 Å². The predicted octanol–water partition coefficient (Wildman–Crippen LogP) is 3.69. The highest BCUT2D eigenvalue weighted by molar-refractivity contribution is 5.91. The Morgan fingerprint density at radius 3 is 2.50 bits per heavy atom. The number of aliphatic hydroxyl groups is 1. The molecule has 0 saturated carbocycles. The molecule has 1 amide bonds. The zero-order chi connectivity index (χ0) is 17.6. The number of alkyl halides is 3. The lowest BCUT2D eigenvalue weighted by molar-refractivity contribution is -0.153. The van der Waals surface area contributed by atoms with Gasteiger partial charge in [0.15, 0.2) is 6.61 Å². The van der Waals surface area contributed by atoms with E-state index in [0.717, 1.165) is 0 Å². The molecule has 7 heteroatoms. The van der Waals surface area contributed by atoms with Crippen LogP contribution < -0.4 is 10.1 Å². The van der Waals surface area contributed by atoms with Gasteiger partial charge in [0.25, 0.3) is 0 Å². The second-order valence-corrected chi connectivity index (χ2v) is 5.11. The maximum atomic E-state index is 12.1. The van der Waals surface area contributed by atoms with Crippen LogP contribution in [-0.4, -0.2) is 23.8 Å². The van der Waals surface area contributed by atoms with Crippen molar-refractivity contribution >= 4 is 11.6 Å². The average Bonchev–Trinajstić information content (AvgIpc) is 2.53. The molecule has 2 rings (SSSR count). The Kier molecular flexibility index (Phi) is 5.81. The number of hydrogen-bond donors (Lipinski definition) is 2. The lowest BCUT2D eigenvalue weighted by Crippen LogP contribution is -2.19. The van der Waals surface area contributed by atoms with Crippen molar-refractivity contribution in [1.82, 2.24) is 0 Å². The number of amides is 1. The first-order valence-corrected chi connectivity index (χ1v) is 7.16. The van der Waals surface area contributed by atoms with Crippen molar-refractivity contribution in [2.24, 2.45) is 0 Å². The van der Waals surface area contributed by atoms with Crippen LogP contribution in [0.1, 0.15) is 18.1 Å². The zero-order valence-corrected chi connectivity index (χ0v) is 12.6. The van der Waals surface area contributed by atoms with Crippen LogP contribution in [0.3, 0.4) is 0 Å². The lowest BCUT2D eigenvalue weighted by atomic mass is 10.1. The summed E-state index contributed by atoms with van der Waals surface area (Å²) in [5.74, 6) is -0.465. The van der Waals surface area contributed by atoms with Crippen LogP contribution in [0.5, 0.6) is 5.75 Å². The summed E-state index contributed by atoms with van der Waals surface area (Å²) in [4.78, 5) is 11.9. The number of anilines is 1. The smallest absolute Gasteiger partial charge is 0.422 e. The minimum Gasteiger partial charge on any atom is -0.484 e. The van der Waals surface area contributed by atoms with Gasteiger partial charge in [0.1, 0.15) is 5.75 Å². The maximum Gasteiger partial charge on any atom is 0.422 e. The standard InChI is InChI=1S/C17H16F3NO3/c18-17(19,20)11-24-14-8-4-7-13(9-14)21-16(23)10-15(22)12-5-2-1-3-6-12/h1-9,15,22H,10-11H2,(H,21,23). The van der Waals surface area contributed by atoms with Gasteiger partial charge in [-0.1, -0.05) is 36.4 Å². The minimum atomic E-state index is -4.43. The highest BCUT2D eigenvalue weighted by atomic mass is 19.4. The number of carbonyl (C=O) groups excluding carboxylic acids is 1. The third-order valence-corrected chi connectivity index (χ3v) is 3.08. The molecular formula is C17H16F3NO3. The molecule has 0 aromatic heterocycles. The molecule has 0 aliphatic rings. The van der Waals surface area contributed by atoms with Crippen LogP contribution in [-0.2, 0) is 4.79 Å². The van der Waals surface area contributed by atoms with E-state index < -0.39 is 24.8 Å². The van der Waals surface area contributed by atoms with E-state index in [1.165, 1.54) is 24.3 Å². The summed E-state index contributed by atoms with van der Waals surface area (Å²) < 4.78 is 41.0. The molecule has 1 atom stereocenters. The fourth-order valence-electron chi connectivity index (χ4n) is 2.01. The van der Waals surface area contributed by atoms with Crippen molar-refractivity contribution < 1.29 is 27.8 Å². The third-order valence-electron chi connectivity index (χ3n) is 3.08. The first kappa shape index (κ1) is 17.8. The Balaban J connectivity index is 1.92. The van der Waals surface area contributed by atoms with E-state index in [1.807, 2.05) is 0 Å². The average molecular weight is 339 g/mol. The molecule has 128 valence electrons. The Labute approximate surface area is 136 Å². The summed E-state index contributed by atoms with van der Waals surface area (Å²) in [5.41, 5.74) is 0.898. The first-order chi connectivity index (χ1) is 11.3. The van der Waals surface area contributed by atoms with Crippen molar-refractivity contribution in [3.05, 3.63) is 60.2 Å². The van der Waals surface area contributed by atoms with Gasteiger partial charge in [-0.25, -0.2) is 0 Å². The molecule has 2 N–H and O–H groups in total. The normalized spacial score (nSPS) is 12.5. The van der Waals surface area contributed by atoms with Gasteiger partial charge in [-0.05, 0) is 17.7 Å². The molecule has 0 heterocycles. The van der Waals surface area contributed by atoms with E-state index in [1.54, 1.807) is 30.3 Å². The molecule has 2 aromatic carbocycles. The highest BCUT2D eigenvalue weighted by Crippen LogP contribution is 2.22. The first-order valence-electron chi connectivity index (χ1n) is 7.16. The van der Waals surface area contributed by atoms with Gasteiger partial charge in [-0.2, -0.15) is 13.2 Å². The van der Waals surface area contributed by atoms with Crippen molar-refractivity contribution in [2.75, 3.05) is 11.9 Å². The molecule has 2 aromatic rings. The minimum absolute atomic E-state index is 0.00580. The van der Waals surface area contributed by atoms with Crippen LogP contribution in [0.25, 0.3) is 0 Å². The number of rotatable bonds is 6. The highest BCUT2D eigenvalue weighted by Gasteiger charge is 2.28. The van der Waals surface area contributed by atoms with E-state index in [9.17, 15) is 23.1 Å². The van der Waals surface area contributed by atoms with Crippen LogP contribution in [0.4, 0.5) is 18.9 Å². The fourth-order valence-corrected chi connectivity index (χ4v) is 2.01. The Bertz CT molecular complexity index is 674. The summed E-state index contributed by atoms with van der Waals surface area (Å²) >= 11 is 0. The van der Waals surface area contributed by atoms with E-state index in [4.69, 9.17) is 0 Å². The number of ether oxygens (including phenoxy) is 1. The summed E-state index contributed by atoms with van der Waals surface area (Å²) in [6.45, 7) is -1.41. The van der Waals surface area contributed by atoms with Gasteiger partial charge < -0.3 is 15.2 Å². The molecule has 0 aliphatic heterocycles. The number of carbonyl (C=O) groups is 1. The van der Waals surface area contributed by atoms with Gasteiger partial charge >= 0.3 is 6.18 Å². The summed E-state index contributed by atoms with van der Waals surface area (Å²) in [7, 11) is 0. The molecular weight excluding hydrogens is 323 g/mol. The van der Waals surface area contributed by atoms with Crippen LogP contribution in [0, 0.1) is 0 Å². The van der Waals surface area contributed by atoms with Crippen LogP contribution in [0.2, 0.25) is 0 Å². The van der Waals surface area contributed by atoms with Gasteiger partial charge in [0.2, 0.25) is 5.91 Å². The fraction of sp³-hybridized carbons (Fsp3) is 0.235. The van der Waals surface area contributed by atoms with Crippen molar-refractivity contribution in [2.45, 2.75) is 18.7 Å². The van der Waals surface area contributed by atoms with Crippen LogP contribution in [0.15, 0.2) is 54.6 Å². The van der Waals surface area contributed by atoms with Gasteiger partial charge in [0, 0.05) is 11.8 Å². The number of hydrogen-bond acceptors (Lipinski definition) is 3. The van der Waals surface area contributed by atoms with Crippen molar-refractivity contribution in [3.63, 3.8) is 0 Å². The molecule has 24 heavy (non-hydrogen) atoms. The predicted molar refractivity (Wildman–Crippen MR) is 82.6 cm³/mol. The van der Waals surface area contributed by atoms with E-state index in [2.05, 4.69) is 10.1 Å². The second-order valence-electron chi connectivity index (χ2n) is 5.11. The SMILES string of the molecule is O=C(CC(O)c1ccccc1)Nc1cccc(OCC(F)(F)F)c1. The summed E-state index contributed by atoms with van der Waals surface area (Å²) in [5, 5.41) is 12.5. The number of aliphatic hydroxyl groups excluding tert-OH is 1. The molecule has 0 aliphatic carbocycles. The molecule has 0 fully saturated rings. The molecule has 0 bridgehead atoms. The number of nitrogens with one attached hydrogen (secondary N) is 1. The van der Waals surface area contributed by atoms with Gasteiger partial charge in [0.05, 0.1) is 12.5 Å². The lowest BCUT2D eigenvalue weighted by Gasteiger charge is -2.13. The quantitative estimate of drug-likeness (QED) is 0.844. The Morgan fingerprint density at radius 2 is 1.83 bits per heavy atom. The van der Waals surface area contributed by atoms with E-state index >= 15 is 0 Å². The van der Waals surface area contributed by atoms with E-state index in [-0.39, 0.29) is 12.2 Å². The zero-order valence-electron chi connectivity index (χ0n) is 12.6. The molecule has 0 saturated heterocycles. The Morgan fingerprint density at radius 1 is 1.12 bits per heavy atom. The second kappa shape index (κ2) is 7.83.